The number of ether oxygens (including phenoxy) is 1. The van der Waals surface area contributed by atoms with E-state index in [-0.39, 0.29) is 12.0 Å². The predicted octanol–water partition coefficient (Wildman–Crippen LogP) is 1.09. The minimum Gasteiger partial charge on any atom is -0.383 e. The monoisotopic (exact) mass is 272 g/mol. The van der Waals surface area contributed by atoms with Crippen LogP contribution in [-0.4, -0.2) is 54.7 Å². The van der Waals surface area contributed by atoms with Gasteiger partial charge in [-0.2, -0.15) is 11.8 Å². The molecule has 0 aromatic carbocycles. The summed E-state index contributed by atoms with van der Waals surface area (Å²) in [7, 11) is 1.69. The van der Waals surface area contributed by atoms with Gasteiger partial charge in [0.15, 0.2) is 0 Å². The highest BCUT2D eigenvalue weighted by molar-refractivity contribution is 7.99. The third-order valence-corrected chi connectivity index (χ3v) is 5.13. The molecule has 2 rings (SSSR count). The van der Waals surface area contributed by atoms with Crippen LogP contribution >= 0.6 is 11.8 Å². The van der Waals surface area contributed by atoms with Gasteiger partial charge in [0.2, 0.25) is 5.91 Å². The van der Waals surface area contributed by atoms with Gasteiger partial charge in [-0.1, -0.05) is 0 Å². The number of carbonyl (C=O) groups is 1. The summed E-state index contributed by atoms with van der Waals surface area (Å²) in [5.74, 6) is 2.72. The second kappa shape index (κ2) is 6.78. The standard InChI is InChI=1S/C13H24N2O2S/c1-17-6-5-15(12-4-7-18-9-12)13(16)10-2-3-11(14)8-10/h10-12H,2-9,14H2,1H3. The van der Waals surface area contributed by atoms with E-state index < -0.39 is 0 Å². The Balaban J connectivity index is 1.95. The summed E-state index contributed by atoms with van der Waals surface area (Å²) in [5, 5.41) is 0. The Labute approximate surface area is 114 Å². The molecule has 1 amide bonds. The van der Waals surface area contributed by atoms with E-state index >= 15 is 0 Å². The summed E-state index contributed by atoms with van der Waals surface area (Å²) in [6, 6.07) is 0.635. The van der Waals surface area contributed by atoms with Crippen LogP contribution in [0.4, 0.5) is 0 Å². The third-order valence-electron chi connectivity index (χ3n) is 3.99. The van der Waals surface area contributed by atoms with Gasteiger partial charge in [0, 0.05) is 37.4 Å². The molecule has 0 spiro atoms. The number of hydrogen-bond donors (Lipinski definition) is 1. The fourth-order valence-electron chi connectivity index (χ4n) is 2.91. The lowest BCUT2D eigenvalue weighted by Gasteiger charge is -2.30. The number of nitrogens with two attached hydrogens (primary N) is 1. The fraction of sp³-hybridized carbons (Fsp3) is 0.923. The number of amides is 1. The van der Waals surface area contributed by atoms with E-state index in [1.165, 1.54) is 5.75 Å². The van der Waals surface area contributed by atoms with Crippen molar-refractivity contribution in [1.82, 2.24) is 4.90 Å². The highest BCUT2D eigenvalue weighted by atomic mass is 32.2. The van der Waals surface area contributed by atoms with E-state index in [4.69, 9.17) is 10.5 Å². The van der Waals surface area contributed by atoms with Crippen LogP contribution in [0.25, 0.3) is 0 Å². The minimum absolute atomic E-state index is 0.155. The molecule has 0 radical (unpaired) electrons. The Bertz CT molecular complexity index is 282. The first-order chi connectivity index (χ1) is 8.72. The Morgan fingerprint density at radius 2 is 2.28 bits per heavy atom. The van der Waals surface area contributed by atoms with Gasteiger partial charge in [-0.25, -0.2) is 0 Å². The first-order valence-electron chi connectivity index (χ1n) is 6.85. The molecule has 1 aliphatic carbocycles. The van der Waals surface area contributed by atoms with E-state index in [2.05, 4.69) is 4.90 Å². The van der Waals surface area contributed by atoms with Gasteiger partial charge >= 0.3 is 0 Å². The number of thioether (sulfide) groups is 1. The van der Waals surface area contributed by atoms with Crippen molar-refractivity contribution in [2.75, 3.05) is 31.8 Å². The van der Waals surface area contributed by atoms with E-state index in [1.54, 1.807) is 7.11 Å². The Morgan fingerprint density at radius 3 is 2.83 bits per heavy atom. The molecule has 18 heavy (non-hydrogen) atoms. The van der Waals surface area contributed by atoms with E-state index in [0.717, 1.165) is 38.0 Å². The Morgan fingerprint density at radius 1 is 1.44 bits per heavy atom. The predicted molar refractivity (Wildman–Crippen MR) is 74.6 cm³/mol. The Kier molecular flexibility index (Phi) is 5.33. The second-order valence-electron chi connectivity index (χ2n) is 5.31. The molecule has 3 atom stereocenters. The van der Waals surface area contributed by atoms with Crippen molar-refractivity contribution in [2.24, 2.45) is 11.7 Å². The van der Waals surface area contributed by atoms with Gasteiger partial charge in [-0.15, -0.1) is 0 Å². The van der Waals surface area contributed by atoms with Crippen molar-refractivity contribution in [3.63, 3.8) is 0 Å². The molecule has 5 heteroatoms. The van der Waals surface area contributed by atoms with Crippen molar-refractivity contribution in [1.29, 1.82) is 0 Å². The summed E-state index contributed by atoms with van der Waals surface area (Å²) in [5.41, 5.74) is 5.92. The average Bonchev–Trinajstić information content (AvgIpc) is 3.00. The average molecular weight is 272 g/mol. The van der Waals surface area contributed by atoms with Crippen LogP contribution in [0.3, 0.4) is 0 Å². The van der Waals surface area contributed by atoms with Gasteiger partial charge in [-0.3, -0.25) is 4.79 Å². The number of methoxy groups -OCH3 is 1. The molecule has 0 aromatic heterocycles. The molecule has 2 N–H and O–H groups in total. The molecule has 4 nitrogen and oxygen atoms in total. The van der Waals surface area contributed by atoms with Crippen LogP contribution in [0.1, 0.15) is 25.7 Å². The van der Waals surface area contributed by atoms with Crippen molar-refractivity contribution in [2.45, 2.75) is 37.8 Å². The molecular weight excluding hydrogens is 248 g/mol. The van der Waals surface area contributed by atoms with Gasteiger partial charge in [-0.05, 0) is 31.4 Å². The maximum absolute atomic E-state index is 12.6. The normalized spacial score (nSPS) is 31.8. The molecule has 0 aromatic rings. The van der Waals surface area contributed by atoms with Crippen LogP contribution in [-0.2, 0) is 9.53 Å². The fourth-order valence-corrected chi connectivity index (χ4v) is 4.13. The molecule has 1 aliphatic heterocycles. The van der Waals surface area contributed by atoms with Crippen molar-refractivity contribution in [3.05, 3.63) is 0 Å². The van der Waals surface area contributed by atoms with Crippen molar-refractivity contribution >= 4 is 17.7 Å². The molecule has 2 fully saturated rings. The SMILES string of the molecule is COCCN(C(=O)C1CCC(N)C1)C1CCSC1. The zero-order chi connectivity index (χ0) is 13.0. The Hall–Kier alpha value is -0.260. The smallest absolute Gasteiger partial charge is 0.226 e. The molecule has 0 bridgehead atoms. The minimum atomic E-state index is 0.155. The molecule has 104 valence electrons. The van der Waals surface area contributed by atoms with E-state index in [1.807, 2.05) is 11.8 Å². The van der Waals surface area contributed by atoms with Crippen molar-refractivity contribution < 1.29 is 9.53 Å². The van der Waals surface area contributed by atoms with Crippen LogP contribution in [0.5, 0.6) is 0 Å². The lowest BCUT2D eigenvalue weighted by molar-refractivity contribution is -0.138. The summed E-state index contributed by atoms with van der Waals surface area (Å²) in [6.45, 7) is 1.36. The van der Waals surface area contributed by atoms with Gasteiger partial charge in [0.05, 0.1) is 6.61 Å². The number of rotatable bonds is 5. The lowest BCUT2D eigenvalue weighted by atomic mass is 10.0. The van der Waals surface area contributed by atoms with Crippen LogP contribution in [0.15, 0.2) is 0 Å². The molecule has 2 aliphatic rings. The number of hydrogen-bond acceptors (Lipinski definition) is 4. The first kappa shape index (κ1) is 14.2. The molecule has 1 saturated heterocycles. The van der Waals surface area contributed by atoms with Crippen LogP contribution in [0, 0.1) is 5.92 Å². The van der Waals surface area contributed by atoms with Gasteiger partial charge in [0.25, 0.3) is 0 Å². The van der Waals surface area contributed by atoms with Crippen molar-refractivity contribution in [3.8, 4) is 0 Å². The van der Waals surface area contributed by atoms with E-state index in [0.29, 0.717) is 18.6 Å². The van der Waals surface area contributed by atoms with Crippen LogP contribution in [0.2, 0.25) is 0 Å². The summed E-state index contributed by atoms with van der Waals surface area (Å²) < 4.78 is 5.14. The topological polar surface area (TPSA) is 55.6 Å². The molecular formula is C13H24N2O2S. The second-order valence-corrected chi connectivity index (χ2v) is 6.46. The zero-order valence-corrected chi connectivity index (χ0v) is 12.0. The zero-order valence-electron chi connectivity index (χ0n) is 11.1. The largest absolute Gasteiger partial charge is 0.383 e. The van der Waals surface area contributed by atoms with Gasteiger partial charge < -0.3 is 15.4 Å². The van der Waals surface area contributed by atoms with Crippen LogP contribution < -0.4 is 5.73 Å². The quantitative estimate of drug-likeness (QED) is 0.814. The summed E-state index contributed by atoms with van der Waals surface area (Å²) in [4.78, 5) is 14.7. The molecule has 1 heterocycles. The first-order valence-corrected chi connectivity index (χ1v) is 8.00. The van der Waals surface area contributed by atoms with Gasteiger partial charge in [0.1, 0.15) is 0 Å². The third kappa shape index (κ3) is 3.39. The molecule has 1 saturated carbocycles. The number of carbonyl (C=O) groups excluding carboxylic acids is 1. The lowest BCUT2D eigenvalue weighted by Crippen LogP contribution is -2.45. The maximum Gasteiger partial charge on any atom is 0.226 e. The maximum atomic E-state index is 12.6. The summed E-state index contributed by atoms with van der Waals surface area (Å²) in [6.07, 6.45) is 3.94. The highest BCUT2D eigenvalue weighted by Crippen LogP contribution is 2.29. The number of nitrogens with zero attached hydrogens (tertiary/aromatic N) is 1. The van der Waals surface area contributed by atoms with E-state index in [9.17, 15) is 4.79 Å². The summed E-state index contributed by atoms with van der Waals surface area (Å²) >= 11 is 1.95. The molecule has 3 unspecified atom stereocenters. The highest BCUT2D eigenvalue weighted by Gasteiger charge is 2.34.